The highest BCUT2D eigenvalue weighted by Crippen LogP contribution is 2.29. The highest BCUT2D eigenvalue weighted by molar-refractivity contribution is 7.99. The summed E-state index contributed by atoms with van der Waals surface area (Å²) in [5.41, 5.74) is -0.262. The number of hydrogen-bond acceptors (Lipinski definition) is 4. The Hall–Kier alpha value is -1.17. The summed E-state index contributed by atoms with van der Waals surface area (Å²) < 4.78 is 1.55. The van der Waals surface area contributed by atoms with E-state index in [4.69, 9.17) is 5.11 Å². The lowest BCUT2D eigenvalue weighted by molar-refractivity contribution is 0.0686. The van der Waals surface area contributed by atoms with E-state index >= 15 is 0 Å². The fraction of sp³-hybridized carbons (Fsp3) is 0.500. The number of nitrogens with zero attached hydrogens (tertiary/aromatic N) is 2. The molecule has 0 aliphatic carbocycles. The zero-order valence-corrected chi connectivity index (χ0v) is 8.20. The number of thioether (sulfide) groups is 1. The lowest BCUT2D eigenvalue weighted by Crippen LogP contribution is -2.09. The topological polar surface area (TPSA) is 75.3 Å². The smallest absolute Gasteiger partial charge is 0.360 e. The summed E-state index contributed by atoms with van der Waals surface area (Å²) in [5.74, 6) is 0.551. The molecule has 1 fully saturated rings. The summed E-state index contributed by atoms with van der Waals surface area (Å²) in [5, 5.41) is 21.8. The molecule has 2 rings (SSSR count). The molecule has 1 saturated heterocycles. The van der Waals surface area contributed by atoms with Crippen LogP contribution in [-0.4, -0.2) is 37.5 Å². The maximum atomic E-state index is 10.6. The molecule has 14 heavy (non-hydrogen) atoms. The lowest BCUT2D eigenvalue weighted by atomic mass is 10.3. The van der Waals surface area contributed by atoms with Gasteiger partial charge >= 0.3 is 5.97 Å². The summed E-state index contributed by atoms with van der Waals surface area (Å²) in [7, 11) is 0. The Kier molecular flexibility index (Phi) is 2.37. The first-order valence-corrected chi connectivity index (χ1v) is 5.43. The lowest BCUT2D eigenvalue weighted by Gasteiger charge is -2.06. The first kappa shape index (κ1) is 9.39. The van der Waals surface area contributed by atoms with Gasteiger partial charge in [-0.3, -0.25) is 4.68 Å². The quantitative estimate of drug-likeness (QED) is 0.767. The second-order valence-electron chi connectivity index (χ2n) is 3.17. The van der Waals surface area contributed by atoms with Crippen molar-refractivity contribution in [2.24, 2.45) is 0 Å². The number of aromatic nitrogens is 2. The van der Waals surface area contributed by atoms with Crippen LogP contribution in [0.3, 0.4) is 0 Å². The Bertz CT molecular complexity index is 357. The predicted octanol–water partition coefficient (Wildman–Crippen LogP) is 0.965. The summed E-state index contributed by atoms with van der Waals surface area (Å²) in [6.07, 6.45) is 2.37. The average molecular weight is 214 g/mol. The van der Waals surface area contributed by atoms with Gasteiger partial charge in [-0.2, -0.15) is 16.9 Å². The molecular formula is C8H10N2O3S. The molecule has 1 unspecified atom stereocenters. The van der Waals surface area contributed by atoms with Crippen LogP contribution >= 0.6 is 11.8 Å². The van der Waals surface area contributed by atoms with E-state index in [0.717, 1.165) is 17.9 Å². The van der Waals surface area contributed by atoms with Crippen LogP contribution in [0, 0.1) is 0 Å². The monoisotopic (exact) mass is 214 g/mol. The third kappa shape index (κ3) is 1.57. The van der Waals surface area contributed by atoms with Gasteiger partial charge in [0.05, 0.1) is 12.2 Å². The van der Waals surface area contributed by atoms with Crippen LogP contribution in [-0.2, 0) is 0 Å². The molecule has 1 aliphatic heterocycles. The van der Waals surface area contributed by atoms with E-state index in [-0.39, 0.29) is 17.5 Å². The zero-order chi connectivity index (χ0) is 10.1. The van der Waals surface area contributed by atoms with Crippen molar-refractivity contribution in [3.63, 3.8) is 0 Å². The first-order valence-electron chi connectivity index (χ1n) is 4.27. The maximum Gasteiger partial charge on any atom is 0.360 e. The van der Waals surface area contributed by atoms with Crippen LogP contribution in [0.4, 0.5) is 0 Å². The van der Waals surface area contributed by atoms with E-state index in [1.54, 1.807) is 4.68 Å². The fourth-order valence-electron chi connectivity index (χ4n) is 1.45. The third-order valence-electron chi connectivity index (χ3n) is 2.19. The van der Waals surface area contributed by atoms with Crippen LogP contribution < -0.4 is 0 Å². The fourth-order valence-corrected chi connectivity index (χ4v) is 2.65. The highest BCUT2D eigenvalue weighted by Gasteiger charge is 2.22. The zero-order valence-electron chi connectivity index (χ0n) is 7.38. The summed E-state index contributed by atoms with van der Waals surface area (Å²) >= 11 is 1.81. The van der Waals surface area contributed by atoms with Crippen molar-refractivity contribution >= 4 is 17.7 Å². The van der Waals surface area contributed by atoms with Crippen molar-refractivity contribution in [2.75, 3.05) is 11.5 Å². The molecule has 1 aromatic rings. The number of carboxylic acid groups (broad SMARTS) is 1. The third-order valence-corrected chi connectivity index (χ3v) is 3.34. The number of aromatic hydroxyl groups is 1. The standard InChI is InChI=1S/C8H10N2O3S/c11-6-3-10(5-1-2-14-4-5)9-7(6)8(12)13/h3,5,11H,1-2,4H2,(H,12,13). The Balaban J connectivity index is 2.27. The Morgan fingerprint density at radius 1 is 1.71 bits per heavy atom. The van der Waals surface area contributed by atoms with Gasteiger partial charge in [0, 0.05) is 5.75 Å². The van der Waals surface area contributed by atoms with Gasteiger partial charge in [-0.25, -0.2) is 4.79 Å². The Morgan fingerprint density at radius 3 is 3.00 bits per heavy atom. The van der Waals surface area contributed by atoms with Gasteiger partial charge in [0.15, 0.2) is 5.75 Å². The number of carboxylic acids is 1. The molecule has 1 aliphatic rings. The van der Waals surface area contributed by atoms with Gasteiger partial charge in [0.2, 0.25) is 5.69 Å². The molecular weight excluding hydrogens is 204 g/mol. The van der Waals surface area contributed by atoms with E-state index in [2.05, 4.69) is 5.10 Å². The van der Waals surface area contributed by atoms with Crippen molar-refractivity contribution < 1.29 is 15.0 Å². The molecule has 0 aromatic carbocycles. The van der Waals surface area contributed by atoms with Crippen molar-refractivity contribution in [3.8, 4) is 5.75 Å². The second-order valence-corrected chi connectivity index (χ2v) is 4.32. The Labute approximate surface area is 84.7 Å². The molecule has 0 radical (unpaired) electrons. The van der Waals surface area contributed by atoms with Crippen molar-refractivity contribution in [3.05, 3.63) is 11.9 Å². The predicted molar refractivity (Wildman–Crippen MR) is 51.8 cm³/mol. The summed E-state index contributed by atoms with van der Waals surface area (Å²) in [6.45, 7) is 0. The molecule has 2 heterocycles. The molecule has 0 bridgehead atoms. The van der Waals surface area contributed by atoms with Crippen LogP contribution in [0.15, 0.2) is 6.20 Å². The normalized spacial score (nSPS) is 21.3. The molecule has 2 N–H and O–H groups in total. The Morgan fingerprint density at radius 2 is 2.50 bits per heavy atom. The second kappa shape index (κ2) is 3.53. The van der Waals surface area contributed by atoms with Gasteiger partial charge in [0.25, 0.3) is 0 Å². The van der Waals surface area contributed by atoms with E-state index in [1.807, 2.05) is 11.8 Å². The van der Waals surface area contributed by atoms with Crippen LogP contribution in [0.25, 0.3) is 0 Å². The van der Waals surface area contributed by atoms with Crippen molar-refractivity contribution in [1.82, 2.24) is 9.78 Å². The van der Waals surface area contributed by atoms with Crippen LogP contribution in [0.1, 0.15) is 23.0 Å². The molecule has 5 nitrogen and oxygen atoms in total. The molecule has 0 amide bonds. The van der Waals surface area contributed by atoms with Crippen LogP contribution in [0.5, 0.6) is 5.75 Å². The van der Waals surface area contributed by atoms with Gasteiger partial charge in [0.1, 0.15) is 0 Å². The maximum absolute atomic E-state index is 10.6. The van der Waals surface area contributed by atoms with Crippen molar-refractivity contribution in [1.29, 1.82) is 0 Å². The highest BCUT2D eigenvalue weighted by atomic mass is 32.2. The number of hydrogen-bond donors (Lipinski definition) is 2. The molecule has 0 spiro atoms. The first-order chi connectivity index (χ1) is 6.68. The van der Waals surface area contributed by atoms with Gasteiger partial charge in [-0.05, 0) is 12.2 Å². The molecule has 0 saturated carbocycles. The van der Waals surface area contributed by atoms with E-state index < -0.39 is 5.97 Å². The minimum Gasteiger partial charge on any atom is -0.504 e. The summed E-state index contributed by atoms with van der Waals surface area (Å²) in [4.78, 5) is 10.6. The van der Waals surface area contributed by atoms with E-state index in [0.29, 0.717) is 0 Å². The molecule has 1 atom stereocenters. The largest absolute Gasteiger partial charge is 0.504 e. The van der Waals surface area contributed by atoms with E-state index in [9.17, 15) is 9.90 Å². The van der Waals surface area contributed by atoms with Gasteiger partial charge < -0.3 is 10.2 Å². The van der Waals surface area contributed by atoms with Gasteiger partial charge in [-0.1, -0.05) is 0 Å². The molecule has 76 valence electrons. The minimum absolute atomic E-state index is 0.221. The number of rotatable bonds is 2. The van der Waals surface area contributed by atoms with Gasteiger partial charge in [-0.15, -0.1) is 0 Å². The van der Waals surface area contributed by atoms with Crippen LogP contribution in [0.2, 0.25) is 0 Å². The number of aromatic carboxylic acids is 1. The number of carbonyl (C=O) groups is 1. The van der Waals surface area contributed by atoms with E-state index in [1.165, 1.54) is 6.20 Å². The summed E-state index contributed by atoms with van der Waals surface area (Å²) in [6, 6.07) is 0.221. The average Bonchev–Trinajstić information content (AvgIpc) is 2.70. The SMILES string of the molecule is O=C(O)c1nn(C2CCSC2)cc1O. The van der Waals surface area contributed by atoms with Crippen molar-refractivity contribution in [2.45, 2.75) is 12.5 Å². The minimum atomic E-state index is -1.19. The molecule has 6 heteroatoms. The molecule has 1 aromatic heterocycles.